The van der Waals surface area contributed by atoms with Gasteiger partial charge in [-0.2, -0.15) is 0 Å². The third-order valence-corrected chi connectivity index (χ3v) is 9.97. The van der Waals surface area contributed by atoms with Gasteiger partial charge in [0, 0.05) is 45.1 Å². The van der Waals surface area contributed by atoms with Gasteiger partial charge in [-0.15, -0.1) is 0 Å². The Morgan fingerprint density at radius 3 is 2.24 bits per heavy atom. The van der Waals surface area contributed by atoms with Gasteiger partial charge in [-0.1, -0.05) is 29.3 Å². The Balaban J connectivity index is 1.03. The van der Waals surface area contributed by atoms with E-state index in [1.54, 1.807) is 7.11 Å². The number of carbonyl (C=O) groups excluding carboxylic acids is 1. The number of benzene rings is 3. The molecule has 6 rings (SSSR count). The van der Waals surface area contributed by atoms with E-state index < -0.39 is 0 Å². The number of carbonyl (C=O) groups is 1. The average Bonchev–Trinajstić information content (AvgIpc) is 4.05. The Hall–Kier alpha value is -3.17. The fourth-order valence-corrected chi connectivity index (χ4v) is 7.28. The van der Waals surface area contributed by atoms with Crippen molar-refractivity contribution in [1.29, 1.82) is 0 Å². The van der Waals surface area contributed by atoms with Gasteiger partial charge < -0.3 is 33.5 Å². The van der Waals surface area contributed by atoms with Gasteiger partial charge in [0.25, 0.3) is 0 Å². The van der Waals surface area contributed by atoms with Crippen molar-refractivity contribution in [2.75, 3.05) is 58.1 Å². The van der Waals surface area contributed by atoms with Crippen LogP contribution >= 0.6 is 23.2 Å². The van der Waals surface area contributed by atoms with Crippen LogP contribution in [0.5, 0.6) is 17.2 Å². The second kappa shape index (κ2) is 17.9. The molecular formula is C40H50Cl2N2O6. The average molecular weight is 726 g/mol. The van der Waals surface area contributed by atoms with Crippen LogP contribution < -0.4 is 19.1 Å². The molecule has 0 radical (unpaired) electrons. The molecule has 0 spiro atoms. The minimum Gasteiger partial charge on any atom is -0.491 e. The van der Waals surface area contributed by atoms with Crippen LogP contribution in [-0.4, -0.2) is 76.2 Å². The molecule has 0 bridgehead atoms. The zero-order valence-corrected chi connectivity index (χ0v) is 30.9. The van der Waals surface area contributed by atoms with E-state index in [-0.39, 0.29) is 11.8 Å². The summed E-state index contributed by atoms with van der Waals surface area (Å²) in [5, 5.41) is 0.982. The first kappa shape index (κ1) is 36.6. The summed E-state index contributed by atoms with van der Waals surface area (Å²) in [4.78, 5) is 18.6. The first-order valence-corrected chi connectivity index (χ1v) is 18.8. The normalized spacial score (nSPS) is 17.4. The van der Waals surface area contributed by atoms with Gasteiger partial charge in [-0.05, 0) is 124 Å². The fraction of sp³-hybridized carbons (Fsp3) is 0.525. The van der Waals surface area contributed by atoms with Crippen LogP contribution in [0.15, 0.2) is 54.6 Å². The number of halogens is 2. The molecule has 0 aromatic heterocycles. The van der Waals surface area contributed by atoms with Gasteiger partial charge in [0.2, 0.25) is 5.91 Å². The van der Waals surface area contributed by atoms with E-state index in [4.69, 9.17) is 46.9 Å². The molecule has 1 atom stereocenters. The van der Waals surface area contributed by atoms with Gasteiger partial charge in [0.15, 0.2) is 5.75 Å². The molecule has 3 aromatic rings. The van der Waals surface area contributed by atoms with Gasteiger partial charge in [-0.25, -0.2) is 0 Å². The van der Waals surface area contributed by atoms with Crippen molar-refractivity contribution >= 4 is 34.8 Å². The Morgan fingerprint density at radius 1 is 0.820 bits per heavy atom. The molecule has 10 heteroatoms. The standard InChI is InChI=1S/C40H50Cl2N2O6/c1-28-21-37(41)39(38(42)22-28)50-20-19-48-34-11-9-32(10-12-34)43-15-3-6-31(27-43)40(45)44(33-7-8-33)26-30-23-29(5-4-16-46-2)24-36(25-30)49-18-17-47-35-13-14-35/h9-12,21-25,31,33,35H,3-8,13-20,26-27H2,1-2H3/t31-/m1/s1. The molecule has 3 aliphatic rings. The Kier molecular flexibility index (Phi) is 13.1. The smallest absolute Gasteiger partial charge is 0.228 e. The summed E-state index contributed by atoms with van der Waals surface area (Å²) in [6, 6.07) is 18.5. The second-order valence-corrected chi connectivity index (χ2v) is 14.5. The predicted molar refractivity (Wildman–Crippen MR) is 198 cm³/mol. The Bertz CT molecular complexity index is 1540. The summed E-state index contributed by atoms with van der Waals surface area (Å²) in [5.41, 5.74) is 4.41. The van der Waals surface area contributed by atoms with Crippen LogP contribution in [0, 0.1) is 12.8 Å². The number of hydrogen-bond donors (Lipinski definition) is 0. The third kappa shape index (κ3) is 10.7. The minimum atomic E-state index is -0.0435. The van der Waals surface area contributed by atoms with Crippen molar-refractivity contribution in [1.82, 2.24) is 4.90 Å². The predicted octanol–water partition coefficient (Wildman–Crippen LogP) is 8.30. The number of aryl methyl sites for hydroxylation is 2. The van der Waals surface area contributed by atoms with Crippen molar-refractivity contribution in [3.8, 4) is 17.2 Å². The monoisotopic (exact) mass is 724 g/mol. The minimum absolute atomic E-state index is 0.0435. The molecule has 3 fully saturated rings. The van der Waals surface area contributed by atoms with Gasteiger partial charge in [0.1, 0.15) is 31.3 Å². The van der Waals surface area contributed by atoms with Crippen molar-refractivity contribution in [2.24, 2.45) is 5.92 Å². The first-order valence-electron chi connectivity index (χ1n) is 18.1. The van der Waals surface area contributed by atoms with Crippen LogP contribution in [0.3, 0.4) is 0 Å². The van der Waals surface area contributed by atoms with Crippen LogP contribution in [-0.2, 0) is 27.2 Å². The molecule has 0 N–H and O–H groups in total. The van der Waals surface area contributed by atoms with E-state index in [1.807, 2.05) is 31.2 Å². The quantitative estimate of drug-likeness (QED) is 0.115. The summed E-state index contributed by atoms with van der Waals surface area (Å²) in [5.74, 6) is 2.30. The number of anilines is 1. The van der Waals surface area contributed by atoms with E-state index in [2.05, 4.69) is 40.1 Å². The lowest BCUT2D eigenvalue weighted by Crippen LogP contribution is -2.45. The Labute approximate surface area is 306 Å². The van der Waals surface area contributed by atoms with Gasteiger partial charge in [0.05, 0.1) is 28.7 Å². The molecule has 0 unspecified atom stereocenters. The highest BCUT2D eigenvalue weighted by Gasteiger charge is 2.37. The number of nitrogens with zero attached hydrogens (tertiary/aromatic N) is 2. The van der Waals surface area contributed by atoms with Crippen molar-refractivity contribution in [2.45, 2.75) is 77.0 Å². The summed E-state index contributed by atoms with van der Waals surface area (Å²) < 4.78 is 28.9. The van der Waals surface area contributed by atoms with Gasteiger partial charge in [-0.3, -0.25) is 4.79 Å². The number of piperidine rings is 1. The second-order valence-electron chi connectivity index (χ2n) is 13.7. The summed E-state index contributed by atoms with van der Waals surface area (Å²) >= 11 is 12.6. The molecule has 8 nitrogen and oxygen atoms in total. The lowest BCUT2D eigenvalue weighted by Gasteiger charge is -2.36. The molecular weight excluding hydrogens is 675 g/mol. The lowest BCUT2D eigenvalue weighted by molar-refractivity contribution is -0.137. The molecule has 270 valence electrons. The highest BCUT2D eigenvalue weighted by Crippen LogP contribution is 2.35. The molecule has 2 aliphatic carbocycles. The van der Waals surface area contributed by atoms with Gasteiger partial charge >= 0.3 is 0 Å². The zero-order chi connectivity index (χ0) is 34.9. The van der Waals surface area contributed by atoms with Crippen molar-refractivity contribution in [3.05, 3.63) is 81.3 Å². The number of amides is 1. The molecule has 1 heterocycles. The van der Waals surface area contributed by atoms with E-state index in [0.717, 1.165) is 86.2 Å². The van der Waals surface area contributed by atoms with Crippen LogP contribution in [0.1, 0.15) is 61.6 Å². The zero-order valence-electron chi connectivity index (χ0n) is 29.3. The number of methoxy groups -OCH3 is 1. The summed E-state index contributed by atoms with van der Waals surface area (Å²) in [6.45, 7) is 6.69. The first-order chi connectivity index (χ1) is 24.4. The molecule has 50 heavy (non-hydrogen) atoms. The summed E-state index contributed by atoms with van der Waals surface area (Å²) in [7, 11) is 1.74. The largest absolute Gasteiger partial charge is 0.491 e. The Morgan fingerprint density at radius 2 is 1.52 bits per heavy atom. The maximum atomic E-state index is 14.2. The topological polar surface area (TPSA) is 69.7 Å². The molecule has 3 aromatic carbocycles. The van der Waals surface area contributed by atoms with Crippen molar-refractivity contribution in [3.63, 3.8) is 0 Å². The van der Waals surface area contributed by atoms with E-state index >= 15 is 0 Å². The van der Waals surface area contributed by atoms with E-state index in [9.17, 15) is 4.79 Å². The number of ether oxygens (including phenoxy) is 5. The van der Waals surface area contributed by atoms with Crippen LogP contribution in [0.25, 0.3) is 0 Å². The number of rotatable bonds is 19. The highest BCUT2D eigenvalue weighted by molar-refractivity contribution is 6.37. The fourth-order valence-electron chi connectivity index (χ4n) is 6.58. The third-order valence-electron chi connectivity index (χ3n) is 9.41. The highest BCUT2D eigenvalue weighted by atomic mass is 35.5. The molecule has 1 amide bonds. The van der Waals surface area contributed by atoms with E-state index in [1.165, 1.54) is 5.56 Å². The maximum Gasteiger partial charge on any atom is 0.228 e. The molecule has 1 aliphatic heterocycles. The maximum absolute atomic E-state index is 14.2. The van der Waals surface area contributed by atoms with Crippen molar-refractivity contribution < 1.29 is 28.5 Å². The van der Waals surface area contributed by atoms with Crippen LogP contribution in [0.4, 0.5) is 5.69 Å². The SMILES string of the molecule is COCCCc1cc(CN(C(=O)[C@@H]2CCCN(c3ccc(OCCOc4c(Cl)cc(C)cc4Cl)cc3)C2)C2CC2)cc(OCCOC2CC2)c1. The van der Waals surface area contributed by atoms with E-state index in [0.29, 0.717) is 74.1 Å². The number of hydrogen-bond acceptors (Lipinski definition) is 7. The molecule has 2 saturated carbocycles. The lowest BCUT2D eigenvalue weighted by atomic mass is 9.95. The van der Waals surface area contributed by atoms with Crippen LogP contribution in [0.2, 0.25) is 10.0 Å². The summed E-state index contributed by atoms with van der Waals surface area (Å²) in [6.07, 6.45) is 8.58. The molecule has 1 saturated heterocycles.